The number of nitrogens with one attached hydrogen (secondary N) is 2. The summed E-state index contributed by atoms with van der Waals surface area (Å²) in [6.07, 6.45) is 4.46. The molecule has 0 aliphatic heterocycles. The van der Waals surface area contributed by atoms with Crippen LogP contribution in [0.3, 0.4) is 0 Å². The summed E-state index contributed by atoms with van der Waals surface area (Å²) in [4.78, 5) is 12.1. The number of phenols is 1. The molecule has 0 aromatic heterocycles. The largest absolute Gasteiger partial charge is 0.506 e. The highest BCUT2D eigenvalue weighted by Gasteiger charge is 2.09. The molecule has 0 spiro atoms. The van der Waals surface area contributed by atoms with Gasteiger partial charge in [0, 0.05) is 6.07 Å². The monoisotopic (exact) mass is 362 g/mol. The van der Waals surface area contributed by atoms with Gasteiger partial charge >= 0.3 is 6.03 Å². The zero-order chi connectivity index (χ0) is 18.1. The normalized spacial score (nSPS) is 10.3. The first kappa shape index (κ1) is 18.9. The summed E-state index contributed by atoms with van der Waals surface area (Å²) in [5.74, 6) is 0.565. The molecule has 0 atom stereocenters. The highest BCUT2D eigenvalue weighted by Crippen LogP contribution is 2.28. The summed E-state index contributed by atoms with van der Waals surface area (Å²) >= 11 is 6.01. The van der Waals surface area contributed by atoms with Gasteiger partial charge < -0.3 is 20.5 Å². The van der Waals surface area contributed by atoms with Crippen molar-refractivity contribution < 1.29 is 14.6 Å². The molecule has 3 N–H and O–H groups in total. The van der Waals surface area contributed by atoms with Gasteiger partial charge in [-0.2, -0.15) is 0 Å². The summed E-state index contributed by atoms with van der Waals surface area (Å²) < 4.78 is 5.66. The minimum absolute atomic E-state index is 0.0346. The molecule has 0 aliphatic carbocycles. The van der Waals surface area contributed by atoms with Crippen molar-refractivity contribution in [2.24, 2.45) is 0 Å². The second-order valence-electron chi connectivity index (χ2n) is 5.65. The van der Waals surface area contributed by atoms with Crippen LogP contribution in [0.15, 0.2) is 42.5 Å². The Morgan fingerprint density at radius 2 is 1.84 bits per heavy atom. The average Bonchev–Trinajstić information content (AvgIpc) is 2.59. The van der Waals surface area contributed by atoms with E-state index in [-0.39, 0.29) is 11.4 Å². The number of hydrogen-bond acceptors (Lipinski definition) is 3. The van der Waals surface area contributed by atoms with Gasteiger partial charge in [-0.15, -0.1) is 0 Å². The second-order valence-corrected chi connectivity index (χ2v) is 6.05. The van der Waals surface area contributed by atoms with Crippen molar-refractivity contribution in [3.8, 4) is 11.5 Å². The maximum absolute atomic E-state index is 12.1. The Morgan fingerprint density at radius 1 is 1.08 bits per heavy atom. The molecule has 0 unspecified atom stereocenters. The Morgan fingerprint density at radius 3 is 2.60 bits per heavy atom. The third-order valence-electron chi connectivity index (χ3n) is 3.60. The molecule has 6 heteroatoms. The zero-order valence-electron chi connectivity index (χ0n) is 14.2. The van der Waals surface area contributed by atoms with E-state index in [1.165, 1.54) is 18.9 Å². The molecule has 2 aromatic carbocycles. The minimum Gasteiger partial charge on any atom is -0.506 e. The number of carbonyl (C=O) groups excluding carboxylic acids is 1. The van der Waals surface area contributed by atoms with Crippen molar-refractivity contribution in [2.75, 3.05) is 17.2 Å². The fourth-order valence-electron chi connectivity index (χ4n) is 2.26. The first-order chi connectivity index (χ1) is 12.1. The predicted octanol–water partition coefficient (Wildman–Crippen LogP) is 5.65. The molecule has 0 saturated heterocycles. The third kappa shape index (κ3) is 6.19. The highest BCUT2D eigenvalue weighted by atomic mass is 35.5. The van der Waals surface area contributed by atoms with Crippen molar-refractivity contribution in [1.29, 1.82) is 0 Å². The maximum Gasteiger partial charge on any atom is 0.323 e. The van der Waals surface area contributed by atoms with E-state index < -0.39 is 6.03 Å². The van der Waals surface area contributed by atoms with E-state index >= 15 is 0 Å². The fraction of sp³-hybridized carbons (Fsp3) is 0.316. The maximum atomic E-state index is 12.1. The van der Waals surface area contributed by atoms with E-state index in [0.717, 1.165) is 12.8 Å². The van der Waals surface area contributed by atoms with Crippen LogP contribution in [0.2, 0.25) is 5.02 Å². The van der Waals surface area contributed by atoms with Gasteiger partial charge in [0.05, 0.1) is 23.0 Å². The van der Waals surface area contributed by atoms with Crippen molar-refractivity contribution in [1.82, 2.24) is 0 Å². The lowest BCUT2D eigenvalue weighted by atomic mass is 10.2. The lowest BCUT2D eigenvalue weighted by Crippen LogP contribution is -2.19. The summed E-state index contributed by atoms with van der Waals surface area (Å²) in [6.45, 7) is 2.77. The van der Waals surface area contributed by atoms with Gasteiger partial charge in [0.25, 0.3) is 0 Å². The number of carbonyl (C=O) groups is 1. The van der Waals surface area contributed by atoms with Crippen LogP contribution >= 0.6 is 11.6 Å². The smallest absolute Gasteiger partial charge is 0.323 e. The number of para-hydroxylation sites is 1. The van der Waals surface area contributed by atoms with E-state index in [9.17, 15) is 9.90 Å². The van der Waals surface area contributed by atoms with E-state index in [2.05, 4.69) is 17.6 Å². The molecule has 0 bridgehead atoms. The van der Waals surface area contributed by atoms with Crippen molar-refractivity contribution in [3.05, 3.63) is 47.5 Å². The third-order valence-corrected chi connectivity index (χ3v) is 3.93. The molecule has 5 nitrogen and oxygen atoms in total. The summed E-state index contributed by atoms with van der Waals surface area (Å²) in [6, 6.07) is 11.2. The minimum atomic E-state index is -0.497. The number of rotatable bonds is 8. The topological polar surface area (TPSA) is 70.6 Å². The van der Waals surface area contributed by atoms with Gasteiger partial charge in [-0.3, -0.25) is 0 Å². The molecule has 0 fully saturated rings. The number of aromatic hydroxyl groups is 1. The summed E-state index contributed by atoms with van der Waals surface area (Å²) in [7, 11) is 0. The number of ether oxygens (including phenoxy) is 1. The van der Waals surface area contributed by atoms with Gasteiger partial charge in [0.2, 0.25) is 0 Å². The molecule has 134 valence electrons. The molecule has 2 aromatic rings. The molecule has 0 saturated carbocycles. The van der Waals surface area contributed by atoms with E-state index in [1.54, 1.807) is 36.4 Å². The average molecular weight is 363 g/mol. The van der Waals surface area contributed by atoms with Crippen molar-refractivity contribution in [3.63, 3.8) is 0 Å². The van der Waals surface area contributed by atoms with Crippen LogP contribution in [0, 0.1) is 0 Å². The summed E-state index contributed by atoms with van der Waals surface area (Å²) in [5.41, 5.74) is 0.764. The Bertz CT molecular complexity index is 707. The molecule has 0 heterocycles. The van der Waals surface area contributed by atoms with Crippen LogP contribution < -0.4 is 15.4 Å². The molecule has 0 aliphatic rings. The van der Waals surface area contributed by atoms with Crippen LogP contribution in [0.25, 0.3) is 0 Å². The predicted molar refractivity (Wildman–Crippen MR) is 102 cm³/mol. The van der Waals surface area contributed by atoms with Gasteiger partial charge in [0.1, 0.15) is 11.5 Å². The van der Waals surface area contributed by atoms with Gasteiger partial charge in [-0.1, -0.05) is 49.9 Å². The molecule has 25 heavy (non-hydrogen) atoms. The first-order valence-electron chi connectivity index (χ1n) is 8.38. The van der Waals surface area contributed by atoms with Gasteiger partial charge in [-0.05, 0) is 30.7 Å². The highest BCUT2D eigenvalue weighted by molar-refractivity contribution is 6.33. The number of anilines is 2. The number of urea groups is 1. The number of unbranched alkanes of at least 4 members (excludes halogenated alkanes) is 3. The fourth-order valence-corrected chi connectivity index (χ4v) is 2.45. The molecule has 0 radical (unpaired) electrons. The second kappa shape index (κ2) is 9.79. The van der Waals surface area contributed by atoms with E-state index in [0.29, 0.717) is 23.1 Å². The number of benzene rings is 2. The molecule has 2 rings (SSSR count). The Balaban J connectivity index is 1.93. The number of halogens is 1. The molecule has 2 amide bonds. The number of amides is 2. The summed E-state index contributed by atoms with van der Waals surface area (Å²) in [5, 5.41) is 15.6. The van der Waals surface area contributed by atoms with Gasteiger partial charge in [-0.25, -0.2) is 4.79 Å². The van der Waals surface area contributed by atoms with Crippen molar-refractivity contribution >= 4 is 29.0 Å². The van der Waals surface area contributed by atoms with Crippen LogP contribution in [0.5, 0.6) is 11.5 Å². The Kier molecular flexibility index (Phi) is 7.41. The van der Waals surface area contributed by atoms with E-state index in [4.69, 9.17) is 16.3 Å². The van der Waals surface area contributed by atoms with Crippen LogP contribution in [-0.4, -0.2) is 17.7 Å². The Hall–Kier alpha value is -2.40. The van der Waals surface area contributed by atoms with Crippen LogP contribution in [0.4, 0.5) is 16.2 Å². The van der Waals surface area contributed by atoms with Gasteiger partial charge in [0.15, 0.2) is 0 Å². The first-order valence-corrected chi connectivity index (χ1v) is 8.76. The van der Waals surface area contributed by atoms with Crippen LogP contribution in [0.1, 0.15) is 32.6 Å². The standard InChI is InChI=1S/C19H23ClN2O3/c1-2-3-4-7-12-25-14-10-11-18(23)17(13-14)22-19(24)21-16-9-6-5-8-15(16)20/h5-6,8-11,13,23H,2-4,7,12H2,1H3,(H2,21,22,24). The lowest BCUT2D eigenvalue weighted by Gasteiger charge is -2.12. The molecular formula is C19H23ClN2O3. The Labute approximate surface area is 153 Å². The van der Waals surface area contributed by atoms with Crippen LogP contribution in [-0.2, 0) is 0 Å². The quantitative estimate of drug-likeness (QED) is 0.420. The number of phenolic OH excluding ortho intramolecular Hbond substituents is 1. The number of hydrogen-bond donors (Lipinski definition) is 3. The molecular weight excluding hydrogens is 340 g/mol. The lowest BCUT2D eigenvalue weighted by molar-refractivity contribution is 0.262. The van der Waals surface area contributed by atoms with Crippen molar-refractivity contribution in [2.45, 2.75) is 32.6 Å². The van der Waals surface area contributed by atoms with E-state index in [1.807, 2.05) is 0 Å². The zero-order valence-corrected chi connectivity index (χ0v) is 15.0. The SMILES string of the molecule is CCCCCCOc1ccc(O)c(NC(=O)Nc2ccccc2Cl)c1.